The highest BCUT2D eigenvalue weighted by Gasteiger charge is 2.26. The van der Waals surface area contributed by atoms with Crippen LogP contribution >= 0.6 is 0 Å². The Morgan fingerprint density at radius 3 is 2.90 bits per heavy atom. The number of hydrogen-bond acceptors (Lipinski definition) is 6. The zero-order valence-electron chi connectivity index (χ0n) is 15.2. The summed E-state index contributed by atoms with van der Waals surface area (Å²) >= 11 is 0. The third kappa shape index (κ3) is 2.93. The van der Waals surface area contributed by atoms with Crippen LogP contribution in [0.4, 0.5) is 0 Å². The van der Waals surface area contributed by atoms with Gasteiger partial charge in [0.25, 0.3) is 5.89 Å². The third-order valence-corrected chi connectivity index (χ3v) is 5.28. The molecule has 3 aromatic heterocycles. The van der Waals surface area contributed by atoms with Gasteiger partial charge in [0.2, 0.25) is 5.82 Å². The molecular weight excluding hydrogens is 370 g/mol. The lowest BCUT2D eigenvalue weighted by atomic mass is 10.0. The van der Waals surface area contributed by atoms with Gasteiger partial charge in [-0.3, -0.25) is 4.79 Å². The molecule has 1 aliphatic heterocycles. The van der Waals surface area contributed by atoms with Gasteiger partial charge in [-0.05, 0) is 42.8 Å². The van der Waals surface area contributed by atoms with E-state index < -0.39 is 5.97 Å². The maximum absolute atomic E-state index is 11.1. The SMILES string of the molecule is N#Cc1ccc(-c2nc(-c3ccc4c(c3)cc3n4CCC3CC(=O)O)no2)cn1. The van der Waals surface area contributed by atoms with Crippen LogP contribution < -0.4 is 0 Å². The number of rotatable bonds is 4. The molecule has 0 spiro atoms. The van der Waals surface area contributed by atoms with Crippen LogP contribution in [0.2, 0.25) is 0 Å². The Bertz CT molecular complexity index is 1280. The number of fused-ring (bicyclic) bond motifs is 3. The fraction of sp³-hybridized carbons (Fsp3) is 0.190. The van der Waals surface area contributed by atoms with E-state index in [1.54, 1.807) is 12.1 Å². The molecule has 0 saturated heterocycles. The van der Waals surface area contributed by atoms with E-state index in [0.717, 1.165) is 35.1 Å². The average Bonchev–Trinajstić information content (AvgIpc) is 3.44. The summed E-state index contributed by atoms with van der Waals surface area (Å²) in [6.07, 6.45) is 2.53. The number of aliphatic carboxylic acids is 1. The number of nitriles is 1. The number of carboxylic acids is 1. The smallest absolute Gasteiger partial charge is 0.304 e. The molecule has 4 aromatic rings. The van der Waals surface area contributed by atoms with Crippen LogP contribution in [0.1, 0.15) is 30.1 Å². The molecule has 5 rings (SSSR count). The first-order valence-corrected chi connectivity index (χ1v) is 9.18. The van der Waals surface area contributed by atoms with E-state index in [-0.39, 0.29) is 12.3 Å². The molecule has 1 atom stereocenters. The van der Waals surface area contributed by atoms with Crippen LogP contribution in [0.25, 0.3) is 33.7 Å². The van der Waals surface area contributed by atoms with Crippen molar-refractivity contribution in [3.8, 4) is 28.9 Å². The van der Waals surface area contributed by atoms with E-state index in [1.165, 1.54) is 6.20 Å². The Hall–Kier alpha value is -3.99. The molecule has 8 heteroatoms. The van der Waals surface area contributed by atoms with Crippen LogP contribution in [0.15, 0.2) is 47.1 Å². The van der Waals surface area contributed by atoms with Crippen molar-refractivity contribution in [1.82, 2.24) is 19.7 Å². The number of nitrogens with zero attached hydrogens (tertiary/aromatic N) is 5. The van der Waals surface area contributed by atoms with Gasteiger partial charge in [0, 0.05) is 40.8 Å². The first kappa shape index (κ1) is 17.1. The Labute approximate surface area is 165 Å². The second kappa shape index (κ2) is 6.56. The minimum atomic E-state index is -0.772. The molecule has 8 nitrogen and oxygen atoms in total. The molecule has 4 heterocycles. The topological polar surface area (TPSA) is 118 Å². The third-order valence-electron chi connectivity index (χ3n) is 5.28. The largest absolute Gasteiger partial charge is 0.481 e. The van der Waals surface area contributed by atoms with Crippen LogP contribution in [0, 0.1) is 11.3 Å². The lowest BCUT2D eigenvalue weighted by Crippen LogP contribution is -2.02. The molecule has 0 radical (unpaired) electrons. The molecule has 0 aliphatic carbocycles. The van der Waals surface area contributed by atoms with E-state index in [0.29, 0.717) is 23.0 Å². The number of benzene rings is 1. The van der Waals surface area contributed by atoms with Gasteiger partial charge >= 0.3 is 5.97 Å². The molecule has 1 N–H and O–H groups in total. The van der Waals surface area contributed by atoms with Gasteiger partial charge in [0.05, 0.1) is 12.0 Å². The molecule has 1 unspecified atom stereocenters. The summed E-state index contributed by atoms with van der Waals surface area (Å²) in [5.41, 5.74) is 3.92. The lowest BCUT2D eigenvalue weighted by molar-refractivity contribution is -0.137. The maximum Gasteiger partial charge on any atom is 0.304 e. The zero-order valence-corrected chi connectivity index (χ0v) is 15.2. The molecular formula is C21H15N5O3. The Morgan fingerprint density at radius 2 is 2.14 bits per heavy atom. The number of pyridine rings is 1. The second-order valence-electron chi connectivity index (χ2n) is 7.04. The first-order valence-electron chi connectivity index (χ1n) is 9.18. The van der Waals surface area contributed by atoms with Crippen molar-refractivity contribution >= 4 is 16.9 Å². The summed E-state index contributed by atoms with van der Waals surface area (Å²) in [6.45, 7) is 0.828. The van der Waals surface area contributed by atoms with E-state index >= 15 is 0 Å². The second-order valence-corrected chi connectivity index (χ2v) is 7.04. The van der Waals surface area contributed by atoms with Gasteiger partial charge in [-0.25, -0.2) is 4.98 Å². The summed E-state index contributed by atoms with van der Waals surface area (Å²) < 4.78 is 7.55. The molecule has 0 bridgehead atoms. The molecule has 1 aromatic carbocycles. The number of aromatic nitrogens is 4. The van der Waals surface area contributed by atoms with Crippen molar-refractivity contribution in [1.29, 1.82) is 5.26 Å². The fourth-order valence-corrected chi connectivity index (χ4v) is 3.91. The summed E-state index contributed by atoms with van der Waals surface area (Å²) in [4.78, 5) is 19.6. The molecule has 1 aliphatic rings. The van der Waals surface area contributed by atoms with Crippen molar-refractivity contribution in [2.24, 2.45) is 0 Å². The van der Waals surface area contributed by atoms with Crippen LogP contribution in [0.3, 0.4) is 0 Å². The summed E-state index contributed by atoms with van der Waals surface area (Å²) in [5, 5.41) is 23.1. The van der Waals surface area contributed by atoms with Crippen LogP contribution in [0.5, 0.6) is 0 Å². The highest BCUT2D eigenvalue weighted by Crippen LogP contribution is 2.37. The molecule has 0 amide bonds. The molecule has 29 heavy (non-hydrogen) atoms. The fourth-order valence-electron chi connectivity index (χ4n) is 3.91. The predicted molar refractivity (Wildman–Crippen MR) is 103 cm³/mol. The van der Waals surface area contributed by atoms with Gasteiger partial charge in [-0.15, -0.1) is 0 Å². The van der Waals surface area contributed by atoms with Crippen LogP contribution in [-0.2, 0) is 11.3 Å². The maximum atomic E-state index is 11.1. The Balaban J connectivity index is 1.48. The summed E-state index contributed by atoms with van der Waals surface area (Å²) in [5.74, 6) is 0.0627. The minimum Gasteiger partial charge on any atom is -0.481 e. The van der Waals surface area contributed by atoms with Crippen molar-refractivity contribution in [3.05, 3.63) is 54.0 Å². The minimum absolute atomic E-state index is 0.0454. The predicted octanol–water partition coefficient (Wildman–Crippen LogP) is 3.59. The Kier molecular flexibility index (Phi) is 3.88. The number of carboxylic acid groups (broad SMARTS) is 1. The van der Waals surface area contributed by atoms with Crippen LogP contribution in [-0.4, -0.2) is 30.8 Å². The highest BCUT2D eigenvalue weighted by atomic mass is 16.5. The average molecular weight is 385 g/mol. The normalized spacial score (nSPS) is 15.3. The zero-order chi connectivity index (χ0) is 20.0. The van der Waals surface area contributed by atoms with Gasteiger partial charge in [-0.1, -0.05) is 5.16 Å². The van der Waals surface area contributed by atoms with Gasteiger partial charge in [0.1, 0.15) is 11.8 Å². The number of aryl methyl sites for hydroxylation is 1. The summed E-state index contributed by atoms with van der Waals surface area (Å²) in [6, 6.07) is 13.3. The number of hydrogen-bond donors (Lipinski definition) is 1. The standard InChI is InChI=1S/C21H15N5O3/c22-10-16-3-1-14(11-23-16)21-24-20(25-29-21)13-2-4-17-15(7-13)8-18-12(9-19(27)28)5-6-26(17)18/h1-4,7-8,11-12H,5-6,9H2,(H,27,28). The van der Waals surface area contributed by atoms with Gasteiger partial charge < -0.3 is 14.2 Å². The first-order chi connectivity index (χ1) is 14.1. The van der Waals surface area contributed by atoms with E-state index in [4.69, 9.17) is 14.9 Å². The van der Waals surface area contributed by atoms with E-state index in [1.807, 2.05) is 24.3 Å². The van der Waals surface area contributed by atoms with E-state index in [2.05, 4.69) is 25.8 Å². The van der Waals surface area contributed by atoms with E-state index in [9.17, 15) is 4.79 Å². The summed E-state index contributed by atoms with van der Waals surface area (Å²) in [7, 11) is 0. The Morgan fingerprint density at radius 1 is 1.28 bits per heavy atom. The molecule has 0 saturated carbocycles. The van der Waals surface area contributed by atoms with Gasteiger partial charge in [-0.2, -0.15) is 10.2 Å². The number of carbonyl (C=O) groups is 1. The molecule has 0 fully saturated rings. The lowest BCUT2D eigenvalue weighted by Gasteiger charge is -2.04. The highest BCUT2D eigenvalue weighted by molar-refractivity contribution is 5.86. The van der Waals surface area contributed by atoms with Crippen molar-refractivity contribution < 1.29 is 14.4 Å². The van der Waals surface area contributed by atoms with Gasteiger partial charge in [0.15, 0.2) is 0 Å². The quantitative estimate of drug-likeness (QED) is 0.570. The van der Waals surface area contributed by atoms with Crippen molar-refractivity contribution in [3.63, 3.8) is 0 Å². The molecule has 142 valence electrons. The monoisotopic (exact) mass is 385 g/mol. The van der Waals surface area contributed by atoms with Crippen molar-refractivity contribution in [2.45, 2.75) is 25.3 Å². The van der Waals surface area contributed by atoms with Crippen molar-refractivity contribution in [2.75, 3.05) is 0 Å².